The molecule has 0 N–H and O–H groups in total. The Kier molecular flexibility index (Phi) is 7.91. The second-order valence-corrected chi connectivity index (χ2v) is 14.1. The summed E-state index contributed by atoms with van der Waals surface area (Å²) in [6.45, 7) is 11.8. The molecule has 1 fully saturated rings. The van der Waals surface area contributed by atoms with E-state index in [2.05, 4.69) is 57.2 Å². The van der Waals surface area contributed by atoms with Gasteiger partial charge in [0.15, 0.2) is 0 Å². The van der Waals surface area contributed by atoms with Crippen LogP contribution in [0.5, 0.6) is 0 Å². The summed E-state index contributed by atoms with van der Waals surface area (Å²) in [5.41, 5.74) is 1.44. The lowest BCUT2D eigenvalue weighted by molar-refractivity contribution is 0.152. The lowest BCUT2D eigenvalue weighted by Crippen LogP contribution is -2.49. The van der Waals surface area contributed by atoms with Crippen LogP contribution >= 0.6 is 22.6 Å². The van der Waals surface area contributed by atoms with Crippen molar-refractivity contribution in [3.8, 4) is 0 Å². The lowest BCUT2D eigenvalue weighted by atomic mass is 9.86. The number of rotatable bonds is 7. The summed E-state index contributed by atoms with van der Waals surface area (Å²) in [4.78, 5) is 0. The highest BCUT2D eigenvalue weighted by molar-refractivity contribution is 14.1. The van der Waals surface area contributed by atoms with Crippen LogP contribution in [0.4, 0.5) is 0 Å². The topological polar surface area (TPSA) is 9.23 Å². The second kappa shape index (κ2) is 8.37. The van der Waals surface area contributed by atoms with Crippen molar-refractivity contribution >= 4 is 30.9 Å². The van der Waals surface area contributed by atoms with Gasteiger partial charge in [0.05, 0.1) is 0 Å². The van der Waals surface area contributed by atoms with Crippen molar-refractivity contribution in [1.82, 2.24) is 0 Å². The van der Waals surface area contributed by atoms with E-state index in [4.69, 9.17) is 4.43 Å². The monoisotopic (exact) mass is 396 g/mol. The minimum absolute atomic E-state index is 0.467. The normalized spacial score (nSPS) is 20.2. The third-order valence-corrected chi connectivity index (χ3v) is 13.7. The van der Waals surface area contributed by atoms with Gasteiger partial charge in [0.2, 0.25) is 8.32 Å². The molecule has 19 heavy (non-hydrogen) atoms. The van der Waals surface area contributed by atoms with Crippen LogP contribution in [0.3, 0.4) is 0 Å². The average molecular weight is 396 g/mol. The highest BCUT2D eigenvalue weighted by Crippen LogP contribution is 2.37. The molecule has 0 bridgehead atoms. The van der Waals surface area contributed by atoms with Gasteiger partial charge in [-0.2, -0.15) is 0 Å². The third kappa shape index (κ3) is 4.99. The Morgan fingerprint density at radius 1 is 1.00 bits per heavy atom. The summed E-state index contributed by atoms with van der Waals surface area (Å²) in [7, 11) is -1.59. The van der Waals surface area contributed by atoms with Crippen molar-refractivity contribution in [2.45, 2.75) is 90.3 Å². The highest BCUT2D eigenvalue weighted by Gasteiger charge is 2.42. The Bertz CT molecular complexity index is 241. The third-order valence-electron chi connectivity index (χ3n) is 4.97. The largest absolute Gasteiger partial charge is 0.413 e. The van der Waals surface area contributed by atoms with Crippen LogP contribution in [0.15, 0.2) is 0 Å². The summed E-state index contributed by atoms with van der Waals surface area (Å²) in [5, 5.41) is 0. The van der Waals surface area contributed by atoms with Crippen molar-refractivity contribution in [3.63, 3.8) is 0 Å². The molecule has 1 saturated carbocycles. The Morgan fingerprint density at radius 3 is 1.95 bits per heavy atom. The van der Waals surface area contributed by atoms with Gasteiger partial charge in [-0.05, 0) is 30.3 Å². The van der Waals surface area contributed by atoms with E-state index < -0.39 is 8.32 Å². The molecule has 1 rings (SSSR count). The van der Waals surface area contributed by atoms with E-state index in [1.165, 1.54) is 42.6 Å². The lowest BCUT2D eigenvalue weighted by Gasteiger charge is -2.40. The molecule has 0 saturated heterocycles. The van der Waals surface area contributed by atoms with E-state index >= 15 is 0 Å². The van der Waals surface area contributed by atoms with Gasteiger partial charge < -0.3 is 4.43 Å². The zero-order chi connectivity index (χ0) is 14.5. The molecule has 0 aromatic carbocycles. The highest BCUT2D eigenvalue weighted by atomic mass is 127. The Balaban J connectivity index is 2.57. The Hall–Kier alpha value is 0.907. The molecular weight excluding hydrogens is 363 g/mol. The maximum atomic E-state index is 6.74. The molecule has 1 unspecified atom stereocenters. The first-order valence-corrected chi connectivity index (χ1v) is 12.0. The number of halogens is 1. The van der Waals surface area contributed by atoms with Gasteiger partial charge in [0.1, 0.15) is 0 Å². The fourth-order valence-corrected chi connectivity index (χ4v) is 12.8. The van der Waals surface area contributed by atoms with Crippen LogP contribution in [0.25, 0.3) is 0 Å². The van der Waals surface area contributed by atoms with Gasteiger partial charge in [-0.1, -0.05) is 82.4 Å². The smallest absolute Gasteiger partial charge is 0.207 e. The van der Waals surface area contributed by atoms with Crippen LogP contribution in [0.1, 0.15) is 73.1 Å². The summed E-state index contributed by atoms with van der Waals surface area (Å²) in [6.07, 6.45) is 8.99. The van der Waals surface area contributed by atoms with E-state index in [0.717, 1.165) is 17.0 Å². The van der Waals surface area contributed by atoms with Gasteiger partial charge in [-0.25, -0.2) is 0 Å². The predicted octanol–water partition coefficient (Wildman–Crippen LogP) is 6.10. The van der Waals surface area contributed by atoms with Crippen molar-refractivity contribution in [1.29, 1.82) is 0 Å². The zero-order valence-electron chi connectivity index (χ0n) is 13.5. The Morgan fingerprint density at radius 2 is 1.53 bits per heavy atom. The predicted molar refractivity (Wildman–Crippen MR) is 96.6 cm³/mol. The van der Waals surface area contributed by atoms with Gasteiger partial charge in [0.25, 0.3) is 0 Å². The van der Waals surface area contributed by atoms with E-state index in [9.17, 15) is 0 Å². The summed E-state index contributed by atoms with van der Waals surface area (Å²) in [5.74, 6) is 0.934. The fourth-order valence-electron chi connectivity index (χ4n) is 3.59. The van der Waals surface area contributed by atoms with E-state index in [0.29, 0.717) is 6.10 Å². The molecule has 0 aromatic heterocycles. The van der Waals surface area contributed by atoms with Crippen molar-refractivity contribution < 1.29 is 4.43 Å². The van der Waals surface area contributed by atoms with Crippen LogP contribution < -0.4 is 0 Å². The molecule has 114 valence electrons. The molecule has 0 aromatic rings. The molecule has 0 aliphatic heterocycles. The SMILES string of the molecule is CC(CC1CCCCC1)O[Si](CI)(C(C)C)C(C)C. The molecule has 1 aliphatic carbocycles. The first-order chi connectivity index (χ1) is 8.92. The molecule has 1 nitrogen and oxygen atoms in total. The number of hydrogen-bond acceptors (Lipinski definition) is 1. The number of hydrogen-bond donors (Lipinski definition) is 0. The van der Waals surface area contributed by atoms with Crippen LogP contribution in [0, 0.1) is 5.92 Å². The van der Waals surface area contributed by atoms with Crippen molar-refractivity contribution in [3.05, 3.63) is 0 Å². The minimum Gasteiger partial charge on any atom is -0.413 e. The van der Waals surface area contributed by atoms with Gasteiger partial charge >= 0.3 is 0 Å². The Labute approximate surface area is 135 Å². The van der Waals surface area contributed by atoms with Gasteiger partial charge in [0, 0.05) is 10.2 Å². The van der Waals surface area contributed by atoms with Crippen molar-refractivity contribution in [2.75, 3.05) is 4.05 Å². The van der Waals surface area contributed by atoms with Crippen molar-refractivity contribution in [2.24, 2.45) is 5.92 Å². The van der Waals surface area contributed by atoms with E-state index in [1.807, 2.05) is 0 Å². The molecule has 0 heterocycles. The van der Waals surface area contributed by atoms with Gasteiger partial charge in [-0.15, -0.1) is 0 Å². The zero-order valence-corrected chi connectivity index (χ0v) is 16.7. The maximum Gasteiger partial charge on any atom is 0.207 e. The van der Waals surface area contributed by atoms with Gasteiger partial charge in [-0.3, -0.25) is 0 Å². The molecule has 0 spiro atoms. The van der Waals surface area contributed by atoms with Crippen LogP contribution in [-0.2, 0) is 4.43 Å². The fraction of sp³-hybridized carbons (Fsp3) is 1.00. The summed E-state index contributed by atoms with van der Waals surface area (Å²) >= 11 is 2.57. The second-order valence-electron chi connectivity index (χ2n) is 7.07. The van der Waals surface area contributed by atoms with E-state index in [1.54, 1.807) is 0 Å². The van der Waals surface area contributed by atoms with E-state index in [-0.39, 0.29) is 0 Å². The average Bonchev–Trinajstić information content (AvgIpc) is 2.36. The first kappa shape index (κ1) is 18.0. The summed E-state index contributed by atoms with van der Waals surface area (Å²) in [6, 6.07) is 0. The molecular formula is C16H33IOSi. The van der Waals surface area contributed by atoms with Crippen LogP contribution in [-0.4, -0.2) is 18.5 Å². The minimum atomic E-state index is -1.59. The molecule has 1 atom stereocenters. The van der Waals surface area contributed by atoms with Crippen LogP contribution in [0.2, 0.25) is 11.1 Å². The quantitative estimate of drug-likeness (QED) is 0.287. The molecule has 0 amide bonds. The molecule has 1 aliphatic rings. The number of alkyl halides is 1. The molecule has 3 heteroatoms. The standard InChI is InChI=1S/C16H33IOSi/c1-13(2)19(12-17,14(3)4)18-15(5)11-16-9-7-6-8-10-16/h13-16H,6-12H2,1-5H3. The molecule has 0 radical (unpaired) electrons. The summed E-state index contributed by atoms with van der Waals surface area (Å²) < 4.78 is 7.98. The first-order valence-electron chi connectivity index (χ1n) is 8.16. The maximum absolute atomic E-state index is 6.74.